The van der Waals surface area contributed by atoms with Crippen molar-refractivity contribution in [1.82, 2.24) is 9.88 Å². The van der Waals surface area contributed by atoms with E-state index in [0.29, 0.717) is 6.04 Å². The van der Waals surface area contributed by atoms with Gasteiger partial charge in [-0.3, -0.25) is 4.79 Å². The van der Waals surface area contributed by atoms with Gasteiger partial charge in [0.05, 0.1) is 6.54 Å². The molecule has 4 heteroatoms. The zero-order valence-electron chi connectivity index (χ0n) is 13.4. The van der Waals surface area contributed by atoms with Crippen LogP contribution in [-0.4, -0.2) is 21.8 Å². The summed E-state index contributed by atoms with van der Waals surface area (Å²) in [5, 5.41) is 3.23. The summed E-state index contributed by atoms with van der Waals surface area (Å²) in [6.07, 6.45) is 2.25. The number of carbonyl (C=O) groups excluding carboxylic acids is 1. The first-order valence-corrected chi connectivity index (χ1v) is 8.94. The Hall–Kier alpha value is -2.07. The van der Waals surface area contributed by atoms with Crippen molar-refractivity contribution >= 4 is 28.1 Å². The number of aromatic nitrogens is 1. The molecule has 1 amide bonds. The fourth-order valence-electron chi connectivity index (χ4n) is 3.08. The highest BCUT2D eigenvalue weighted by atomic mass is 32.1. The van der Waals surface area contributed by atoms with Crippen LogP contribution in [0.4, 0.5) is 0 Å². The third-order valence-corrected chi connectivity index (χ3v) is 5.57. The number of hydrogen-bond donors (Lipinski definition) is 1. The fraction of sp³-hybridized carbons (Fsp3) is 0.316. The molecule has 2 aromatic heterocycles. The van der Waals surface area contributed by atoms with Gasteiger partial charge in [-0.25, -0.2) is 0 Å². The lowest BCUT2D eigenvalue weighted by molar-refractivity contribution is 0.0732. The molecular formula is C19H20N2OS. The first-order chi connectivity index (χ1) is 11.1. The lowest BCUT2D eigenvalue weighted by Crippen LogP contribution is -2.32. The molecule has 0 unspecified atom stereocenters. The quantitative estimate of drug-likeness (QED) is 0.745. The largest absolute Gasteiger partial charge is 0.358 e. The van der Waals surface area contributed by atoms with Crippen LogP contribution >= 0.6 is 11.3 Å². The van der Waals surface area contributed by atoms with Gasteiger partial charge in [-0.2, -0.15) is 0 Å². The van der Waals surface area contributed by atoms with Crippen molar-refractivity contribution in [2.24, 2.45) is 0 Å². The Morgan fingerprint density at radius 2 is 2.13 bits per heavy atom. The summed E-state index contributed by atoms with van der Waals surface area (Å²) in [7, 11) is 0. The number of aryl methyl sites for hydroxylation is 2. The summed E-state index contributed by atoms with van der Waals surface area (Å²) in [5.41, 5.74) is 4.30. The zero-order chi connectivity index (χ0) is 16.0. The first-order valence-electron chi connectivity index (χ1n) is 8.06. The van der Waals surface area contributed by atoms with Gasteiger partial charge in [-0.15, -0.1) is 11.3 Å². The lowest BCUT2D eigenvalue weighted by Gasteiger charge is -2.22. The minimum atomic E-state index is 0.154. The number of amides is 1. The van der Waals surface area contributed by atoms with Crippen molar-refractivity contribution in [3.8, 4) is 0 Å². The highest BCUT2D eigenvalue weighted by Gasteiger charge is 2.33. The molecule has 0 spiro atoms. The molecular weight excluding hydrogens is 304 g/mol. The second kappa shape index (κ2) is 5.53. The molecule has 0 bridgehead atoms. The van der Waals surface area contributed by atoms with E-state index in [1.165, 1.54) is 16.1 Å². The van der Waals surface area contributed by atoms with E-state index >= 15 is 0 Å². The number of thiophene rings is 1. The summed E-state index contributed by atoms with van der Waals surface area (Å²) in [6.45, 7) is 4.90. The monoisotopic (exact) mass is 324 g/mol. The van der Waals surface area contributed by atoms with Crippen LogP contribution in [0.3, 0.4) is 0 Å². The standard InChI is InChI=1S/C19H20N2OS/c1-12-13(2)20-18-8-5-14(10-17(12)18)19(22)21(15-6-7-15)11-16-4-3-9-23-16/h3-5,8-10,15,20H,6-7,11H2,1-2H3. The Kier molecular flexibility index (Phi) is 3.49. The van der Waals surface area contributed by atoms with Gasteiger partial charge in [0, 0.05) is 33.1 Å². The number of hydrogen-bond acceptors (Lipinski definition) is 2. The van der Waals surface area contributed by atoms with E-state index in [1.807, 2.05) is 29.2 Å². The Morgan fingerprint density at radius 3 is 2.83 bits per heavy atom. The summed E-state index contributed by atoms with van der Waals surface area (Å²) >= 11 is 1.72. The Balaban J connectivity index is 1.67. The van der Waals surface area contributed by atoms with Crippen LogP contribution in [0.15, 0.2) is 35.7 Å². The van der Waals surface area contributed by atoms with Gasteiger partial charge in [-0.1, -0.05) is 6.07 Å². The molecule has 1 fully saturated rings. The maximum atomic E-state index is 13.0. The predicted molar refractivity (Wildman–Crippen MR) is 95.0 cm³/mol. The van der Waals surface area contributed by atoms with Crippen molar-refractivity contribution in [2.45, 2.75) is 39.3 Å². The van der Waals surface area contributed by atoms with Crippen LogP contribution < -0.4 is 0 Å². The molecule has 1 saturated carbocycles. The van der Waals surface area contributed by atoms with E-state index in [0.717, 1.165) is 35.9 Å². The molecule has 0 atom stereocenters. The van der Waals surface area contributed by atoms with Crippen LogP contribution in [0, 0.1) is 13.8 Å². The zero-order valence-corrected chi connectivity index (χ0v) is 14.2. The second-order valence-corrected chi connectivity index (χ2v) is 7.41. The second-order valence-electron chi connectivity index (χ2n) is 6.38. The van der Waals surface area contributed by atoms with Crippen molar-refractivity contribution in [1.29, 1.82) is 0 Å². The van der Waals surface area contributed by atoms with Gasteiger partial charge in [0.1, 0.15) is 0 Å². The highest BCUT2D eigenvalue weighted by molar-refractivity contribution is 7.09. The number of nitrogens with zero attached hydrogens (tertiary/aromatic N) is 1. The number of H-pyrrole nitrogens is 1. The summed E-state index contributed by atoms with van der Waals surface area (Å²) in [4.78, 5) is 19.7. The number of nitrogens with one attached hydrogen (secondary N) is 1. The summed E-state index contributed by atoms with van der Waals surface area (Å²) < 4.78 is 0. The molecule has 23 heavy (non-hydrogen) atoms. The smallest absolute Gasteiger partial charge is 0.254 e. The van der Waals surface area contributed by atoms with E-state index in [1.54, 1.807) is 11.3 Å². The number of aromatic amines is 1. The van der Waals surface area contributed by atoms with Crippen LogP contribution in [-0.2, 0) is 6.54 Å². The molecule has 0 aliphatic heterocycles. The normalized spacial score (nSPS) is 14.3. The van der Waals surface area contributed by atoms with E-state index in [-0.39, 0.29) is 5.91 Å². The minimum absolute atomic E-state index is 0.154. The van der Waals surface area contributed by atoms with Gasteiger partial charge in [-0.05, 0) is 61.9 Å². The topological polar surface area (TPSA) is 36.1 Å². The highest BCUT2D eigenvalue weighted by Crippen LogP contribution is 2.31. The molecule has 1 N–H and O–H groups in total. The molecule has 2 heterocycles. The third-order valence-electron chi connectivity index (χ3n) is 4.71. The molecule has 1 aliphatic rings. The number of rotatable bonds is 4. The van der Waals surface area contributed by atoms with Crippen LogP contribution in [0.2, 0.25) is 0 Å². The van der Waals surface area contributed by atoms with Crippen LogP contribution in [0.5, 0.6) is 0 Å². The molecule has 1 aliphatic carbocycles. The molecule has 3 aromatic rings. The number of benzene rings is 1. The van der Waals surface area contributed by atoms with Crippen LogP contribution in [0.1, 0.15) is 39.3 Å². The SMILES string of the molecule is Cc1[nH]c2ccc(C(=O)N(Cc3cccs3)C3CC3)cc2c1C. The molecule has 0 radical (unpaired) electrons. The third kappa shape index (κ3) is 2.68. The van der Waals surface area contributed by atoms with Gasteiger partial charge in [0.15, 0.2) is 0 Å². The van der Waals surface area contributed by atoms with Crippen molar-refractivity contribution in [2.75, 3.05) is 0 Å². The van der Waals surface area contributed by atoms with Gasteiger partial charge in [0.25, 0.3) is 5.91 Å². The van der Waals surface area contributed by atoms with E-state index in [2.05, 4.69) is 30.3 Å². The maximum absolute atomic E-state index is 13.0. The Bertz CT molecular complexity index is 859. The van der Waals surface area contributed by atoms with E-state index in [9.17, 15) is 4.79 Å². The number of carbonyl (C=O) groups is 1. The van der Waals surface area contributed by atoms with Crippen molar-refractivity contribution in [3.63, 3.8) is 0 Å². The molecule has 118 valence electrons. The lowest BCUT2D eigenvalue weighted by atomic mass is 10.1. The molecule has 0 saturated heterocycles. The Labute approximate surface area is 139 Å². The fourth-order valence-corrected chi connectivity index (χ4v) is 3.79. The summed E-state index contributed by atoms with van der Waals surface area (Å²) in [6, 6.07) is 10.6. The van der Waals surface area contributed by atoms with Gasteiger partial charge >= 0.3 is 0 Å². The average molecular weight is 324 g/mol. The molecule has 4 rings (SSSR count). The number of fused-ring (bicyclic) bond motifs is 1. The van der Waals surface area contributed by atoms with Gasteiger partial charge < -0.3 is 9.88 Å². The molecule has 3 nitrogen and oxygen atoms in total. The summed E-state index contributed by atoms with van der Waals surface area (Å²) in [5.74, 6) is 0.154. The van der Waals surface area contributed by atoms with E-state index in [4.69, 9.17) is 0 Å². The van der Waals surface area contributed by atoms with Crippen molar-refractivity contribution in [3.05, 3.63) is 57.4 Å². The minimum Gasteiger partial charge on any atom is -0.358 e. The Morgan fingerprint density at radius 1 is 1.30 bits per heavy atom. The van der Waals surface area contributed by atoms with E-state index < -0.39 is 0 Å². The predicted octanol–water partition coefficient (Wildman–Crippen LogP) is 4.65. The van der Waals surface area contributed by atoms with Crippen LogP contribution in [0.25, 0.3) is 10.9 Å². The maximum Gasteiger partial charge on any atom is 0.254 e. The van der Waals surface area contributed by atoms with Crippen molar-refractivity contribution < 1.29 is 4.79 Å². The molecule has 1 aromatic carbocycles. The average Bonchev–Trinajstić information content (AvgIpc) is 3.19. The van der Waals surface area contributed by atoms with Gasteiger partial charge in [0.2, 0.25) is 0 Å². The first kappa shape index (κ1) is 14.5.